The Kier molecular flexibility index (Phi) is 3.78. The van der Waals surface area contributed by atoms with Crippen molar-refractivity contribution >= 4 is 17.1 Å². The Morgan fingerprint density at radius 3 is 2.67 bits per heavy atom. The predicted octanol–water partition coefficient (Wildman–Crippen LogP) is 4.51. The van der Waals surface area contributed by atoms with Crippen molar-refractivity contribution < 1.29 is 4.79 Å². The lowest BCUT2D eigenvalue weighted by atomic mass is 9.97. The standard InChI is InChI=1S/C19H16NO/c1-14(9-11-21)16-8-10-20-19(13-16)18-7-6-15-4-2-3-5-17(15)12-18/h2-8,10,12-14H,9H2,1H3. The largest absolute Gasteiger partial charge is 0.291 e. The molecule has 1 atom stereocenters. The van der Waals surface area contributed by atoms with Crippen LogP contribution < -0.4 is 0 Å². The molecule has 0 amide bonds. The first kappa shape index (κ1) is 13.5. The van der Waals surface area contributed by atoms with Crippen LogP contribution in [0.2, 0.25) is 0 Å². The summed E-state index contributed by atoms with van der Waals surface area (Å²) < 4.78 is 0. The molecule has 1 heterocycles. The molecule has 1 aromatic heterocycles. The second kappa shape index (κ2) is 5.88. The summed E-state index contributed by atoms with van der Waals surface area (Å²) in [6, 6.07) is 18.7. The van der Waals surface area contributed by atoms with E-state index in [-0.39, 0.29) is 5.92 Å². The van der Waals surface area contributed by atoms with Gasteiger partial charge >= 0.3 is 0 Å². The molecule has 0 N–H and O–H groups in total. The van der Waals surface area contributed by atoms with E-state index in [9.17, 15) is 4.79 Å². The zero-order chi connectivity index (χ0) is 14.7. The number of pyridine rings is 1. The summed E-state index contributed by atoms with van der Waals surface area (Å²) in [7, 11) is 0. The molecule has 2 heteroatoms. The first-order valence-corrected chi connectivity index (χ1v) is 7.08. The van der Waals surface area contributed by atoms with Gasteiger partial charge in [0.25, 0.3) is 0 Å². The van der Waals surface area contributed by atoms with Gasteiger partial charge in [0.1, 0.15) is 0 Å². The average molecular weight is 274 g/mol. The van der Waals surface area contributed by atoms with E-state index in [1.165, 1.54) is 10.8 Å². The molecule has 3 aromatic rings. The minimum atomic E-state index is 0.171. The van der Waals surface area contributed by atoms with Gasteiger partial charge in [-0.05, 0) is 40.5 Å². The van der Waals surface area contributed by atoms with Crippen LogP contribution in [0.3, 0.4) is 0 Å². The second-order valence-electron chi connectivity index (χ2n) is 5.29. The van der Waals surface area contributed by atoms with Gasteiger partial charge in [0.15, 0.2) is 6.29 Å². The fourth-order valence-electron chi connectivity index (χ4n) is 2.50. The van der Waals surface area contributed by atoms with Gasteiger partial charge in [-0.15, -0.1) is 0 Å². The summed E-state index contributed by atoms with van der Waals surface area (Å²) in [5, 5.41) is 2.43. The molecule has 2 aromatic carbocycles. The van der Waals surface area contributed by atoms with E-state index < -0.39 is 0 Å². The molecule has 0 aliphatic rings. The van der Waals surface area contributed by atoms with Gasteiger partial charge in [-0.25, -0.2) is 0 Å². The van der Waals surface area contributed by atoms with Gasteiger partial charge in [0.2, 0.25) is 0 Å². The fraction of sp³-hybridized carbons (Fsp3) is 0.158. The molecule has 1 unspecified atom stereocenters. The lowest BCUT2D eigenvalue weighted by molar-refractivity contribution is 0.545. The molecule has 0 saturated heterocycles. The average Bonchev–Trinajstić information content (AvgIpc) is 2.55. The quantitative estimate of drug-likeness (QED) is 0.701. The van der Waals surface area contributed by atoms with Crippen LogP contribution in [-0.4, -0.2) is 11.3 Å². The number of hydrogen-bond donors (Lipinski definition) is 0. The van der Waals surface area contributed by atoms with Gasteiger partial charge in [0.05, 0.1) is 5.69 Å². The molecule has 103 valence electrons. The minimum absolute atomic E-state index is 0.171. The van der Waals surface area contributed by atoms with E-state index in [1.807, 2.05) is 31.4 Å². The lowest BCUT2D eigenvalue weighted by Gasteiger charge is -2.10. The zero-order valence-electron chi connectivity index (χ0n) is 11.9. The summed E-state index contributed by atoms with van der Waals surface area (Å²) in [6.45, 7) is 2.03. The maximum absolute atomic E-state index is 10.5. The Balaban J connectivity index is 2.01. The smallest absolute Gasteiger partial charge is 0.199 e. The van der Waals surface area contributed by atoms with Crippen molar-refractivity contribution in [2.75, 3.05) is 0 Å². The van der Waals surface area contributed by atoms with Crippen molar-refractivity contribution in [3.05, 3.63) is 66.4 Å². The van der Waals surface area contributed by atoms with Crippen LogP contribution in [0.5, 0.6) is 0 Å². The SMILES string of the molecule is CC(C[C]=O)c1ccnc(-c2ccc3ccccc3c2)c1. The molecular weight excluding hydrogens is 258 g/mol. The molecule has 2 nitrogen and oxygen atoms in total. The van der Waals surface area contributed by atoms with Crippen LogP contribution in [0.15, 0.2) is 60.8 Å². The first-order valence-electron chi connectivity index (χ1n) is 7.08. The number of aromatic nitrogens is 1. The molecule has 0 aliphatic heterocycles. The highest BCUT2D eigenvalue weighted by Crippen LogP contribution is 2.26. The van der Waals surface area contributed by atoms with Gasteiger partial charge in [0, 0.05) is 18.2 Å². The molecule has 1 radical (unpaired) electrons. The van der Waals surface area contributed by atoms with Crippen LogP contribution in [0.1, 0.15) is 24.8 Å². The Bertz CT molecular complexity index is 779. The van der Waals surface area contributed by atoms with Gasteiger partial charge in [-0.2, -0.15) is 0 Å². The third-order valence-corrected chi connectivity index (χ3v) is 3.79. The van der Waals surface area contributed by atoms with Crippen LogP contribution in [0, 0.1) is 0 Å². The Morgan fingerprint density at radius 2 is 1.86 bits per heavy atom. The van der Waals surface area contributed by atoms with E-state index in [0.717, 1.165) is 16.8 Å². The van der Waals surface area contributed by atoms with E-state index in [0.29, 0.717) is 6.42 Å². The highest BCUT2D eigenvalue weighted by molar-refractivity contribution is 5.86. The number of nitrogens with zero attached hydrogens (tertiary/aromatic N) is 1. The Hall–Kier alpha value is -2.48. The van der Waals surface area contributed by atoms with Crippen LogP contribution >= 0.6 is 0 Å². The normalized spacial score (nSPS) is 12.2. The first-order chi connectivity index (χ1) is 10.3. The molecule has 3 rings (SSSR count). The number of rotatable bonds is 4. The van der Waals surface area contributed by atoms with Crippen LogP contribution in [-0.2, 0) is 4.79 Å². The fourth-order valence-corrected chi connectivity index (χ4v) is 2.50. The summed E-state index contributed by atoms with van der Waals surface area (Å²) in [4.78, 5) is 15.0. The van der Waals surface area contributed by atoms with Gasteiger partial charge < -0.3 is 0 Å². The third kappa shape index (κ3) is 2.84. The maximum atomic E-state index is 10.5. The van der Waals surface area contributed by atoms with E-state index in [2.05, 4.69) is 41.4 Å². The van der Waals surface area contributed by atoms with Gasteiger partial charge in [-0.1, -0.05) is 43.3 Å². The van der Waals surface area contributed by atoms with Crippen molar-refractivity contribution in [1.82, 2.24) is 4.98 Å². The van der Waals surface area contributed by atoms with E-state index in [4.69, 9.17) is 0 Å². The summed E-state index contributed by atoms with van der Waals surface area (Å²) in [6.07, 6.45) is 4.20. The molecule has 0 saturated carbocycles. The molecule has 21 heavy (non-hydrogen) atoms. The topological polar surface area (TPSA) is 30.0 Å². The van der Waals surface area contributed by atoms with E-state index >= 15 is 0 Å². The van der Waals surface area contributed by atoms with Crippen molar-refractivity contribution in [2.45, 2.75) is 19.3 Å². The number of hydrogen-bond acceptors (Lipinski definition) is 2. The van der Waals surface area contributed by atoms with Crippen LogP contribution in [0.4, 0.5) is 0 Å². The zero-order valence-corrected chi connectivity index (χ0v) is 11.9. The van der Waals surface area contributed by atoms with Crippen molar-refractivity contribution in [1.29, 1.82) is 0 Å². The monoisotopic (exact) mass is 274 g/mol. The second-order valence-corrected chi connectivity index (χ2v) is 5.29. The molecule has 0 fully saturated rings. The van der Waals surface area contributed by atoms with Gasteiger partial charge in [-0.3, -0.25) is 9.78 Å². The maximum Gasteiger partial charge on any atom is 0.199 e. The molecular formula is C19H16NO. The number of carbonyl (C=O) groups excluding carboxylic acids is 1. The molecule has 0 spiro atoms. The molecule has 0 aliphatic carbocycles. The highest BCUT2D eigenvalue weighted by Gasteiger charge is 2.08. The number of benzene rings is 2. The summed E-state index contributed by atoms with van der Waals surface area (Å²) in [5.41, 5.74) is 3.16. The summed E-state index contributed by atoms with van der Waals surface area (Å²) in [5.74, 6) is 0.171. The van der Waals surface area contributed by atoms with Crippen molar-refractivity contribution in [2.24, 2.45) is 0 Å². The van der Waals surface area contributed by atoms with Crippen molar-refractivity contribution in [3.8, 4) is 11.3 Å². The minimum Gasteiger partial charge on any atom is -0.291 e. The Morgan fingerprint density at radius 1 is 1.05 bits per heavy atom. The lowest BCUT2D eigenvalue weighted by Crippen LogP contribution is -1.95. The summed E-state index contributed by atoms with van der Waals surface area (Å²) >= 11 is 0. The highest BCUT2D eigenvalue weighted by atomic mass is 16.1. The number of fused-ring (bicyclic) bond motifs is 1. The van der Waals surface area contributed by atoms with Crippen LogP contribution in [0.25, 0.3) is 22.0 Å². The van der Waals surface area contributed by atoms with Crippen molar-refractivity contribution in [3.63, 3.8) is 0 Å². The molecule has 0 bridgehead atoms. The third-order valence-electron chi connectivity index (χ3n) is 3.79. The Labute approximate surface area is 124 Å². The predicted molar refractivity (Wildman–Crippen MR) is 85.9 cm³/mol. The van der Waals surface area contributed by atoms with E-state index in [1.54, 1.807) is 6.20 Å².